The van der Waals surface area contributed by atoms with Crippen molar-refractivity contribution < 1.29 is 0 Å². The molecule has 19 heavy (non-hydrogen) atoms. The second-order valence-corrected chi connectivity index (χ2v) is 5.78. The Balaban J connectivity index is 1.55. The lowest BCUT2D eigenvalue weighted by atomic mass is 10.1. The molecule has 100 valence electrons. The fourth-order valence-electron chi connectivity index (χ4n) is 3.18. The molecule has 1 atom stereocenters. The van der Waals surface area contributed by atoms with E-state index in [9.17, 15) is 0 Å². The minimum atomic E-state index is 0.721. The predicted molar refractivity (Wildman–Crippen MR) is 75.0 cm³/mol. The highest BCUT2D eigenvalue weighted by molar-refractivity contribution is 5.39. The maximum absolute atomic E-state index is 4.72. The van der Waals surface area contributed by atoms with Crippen LogP contribution in [0.2, 0.25) is 0 Å². The summed E-state index contributed by atoms with van der Waals surface area (Å²) in [4.78, 5) is 7.34. The van der Waals surface area contributed by atoms with Crippen molar-refractivity contribution >= 4 is 5.65 Å². The summed E-state index contributed by atoms with van der Waals surface area (Å²) < 4.78 is 2.11. The van der Waals surface area contributed by atoms with E-state index < -0.39 is 0 Å². The van der Waals surface area contributed by atoms with Gasteiger partial charge in [0.05, 0.1) is 5.69 Å². The summed E-state index contributed by atoms with van der Waals surface area (Å²) in [6.07, 6.45) is 7.06. The fraction of sp³-hybridized carbons (Fsp3) is 0.533. The SMILES string of the molecule is c1ccn2cc(CN3CCNCC3C3CC3)nc2c1. The zero-order chi connectivity index (χ0) is 12.7. The van der Waals surface area contributed by atoms with Crippen LogP contribution in [0, 0.1) is 5.92 Å². The molecule has 2 aromatic heterocycles. The van der Waals surface area contributed by atoms with E-state index in [0.717, 1.165) is 43.8 Å². The highest BCUT2D eigenvalue weighted by Gasteiger charge is 2.36. The topological polar surface area (TPSA) is 32.6 Å². The van der Waals surface area contributed by atoms with Crippen LogP contribution in [0.15, 0.2) is 30.6 Å². The van der Waals surface area contributed by atoms with E-state index in [2.05, 4.69) is 39.1 Å². The first-order valence-corrected chi connectivity index (χ1v) is 7.27. The number of imidazole rings is 1. The van der Waals surface area contributed by atoms with Gasteiger partial charge in [-0.05, 0) is 30.9 Å². The molecule has 1 N–H and O–H groups in total. The van der Waals surface area contributed by atoms with Gasteiger partial charge in [0.15, 0.2) is 0 Å². The maximum Gasteiger partial charge on any atom is 0.137 e. The smallest absolute Gasteiger partial charge is 0.137 e. The van der Waals surface area contributed by atoms with Crippen molar-refractivity contribution in [2.75, 3.05) is 19.6 Å². The predicted octanol–water partition coefficient (Wildman–Crippen LogP) is 1.52. The summed E-state index contributed by atoms with van der Waals surface area (Å²) in [6, 6.07) is 6.89. The summed E-state index contributed by atoms with van der Waals surface area (Å²) in [5, 5.41) is 3.53. The first kappa shape index (κ1) is 11.4. The Kier molecular flexibility index (Phi) is 2.78. The van der Waals surface area contributed by atoms with Crippen molar-refractivity contribution in [1.29, 1.82) is 0 Å². The molecule has 2 fully saturated rings. The highest BCUT2D eigenvalue weighted by Crippen LogP contribution is 2.36. The molecule has 0 spiro atoms. The van der Waals surface area contributed by atoms with Gasteiger partial charge in [0.25, 0.3) is 0 Å². The summed E-state index contributed by atoms with van der Waals surface area (Å²) in [7, 11) is 0. The van der Waals surface area contributed by atoms with Crippen LogP contribution in [0.3, 0.4) is 0 Å². The summed E-state index contributed by atoms with van der Waals surface area (Å²) in [5.41, 5.74) is 2.24. The van der Waals surface area contributed by atoms with Crippen molar-refractivity contribution in [3.8, 4) is 0 Å². The number of hydrogen-bond acceptors (Lipinski definition) is 3. The van der Waals surface area contributed by atoms with E-state index >= 15 is 0 Å². The molecule has 4 nitrogen and oxygen atoms in total. The van der Waals surface area contributed by atoms with Crippen LogP contribution in [0.4, 0.5) is 0 Å². The maximum atomic E-state index is 4.72. The molecule has 2 aromatic rings. The van der Waals surface area contributed by atoms with Gasteiger partial charge in [0.1, 0.15) is 5.65 Å². The van der Waals surface area contributed by atoms with E-state index in [1.165, 1.54) is 18.5 Å². The number of nitrogens with one attached hydrogen (secondary N) is 1. The second kappa shape index (κ2) is 4.62. The van der Waals surface area contributed by atoms with E-state index in [1.807, 2.05) is 6.07 Å². The van der Waals surface area contributed by atoms with Crippen molar-refractivity contribution in [2.24, 2.45) is 5.92 Å². The van der Waals surface area contributed by atoms with Crippen molar-refractivity contribution in [2.45, 2.75) is 25.4 Å². The molecule has 1 unspecified atom stereocenters. The van der Waals surface area contributed by atoms with Gasteiger partial charge in [-0.3, -0.25) is 4.90 Å². The molecule has 0 radical (unpaired) electrons. The molecule has 2 aliphatic rings. The Labute approximate surface area is 113 Å². The molecule has 1 aliphatic heterocycles. The lowest BCUT2D eigenvalue weighted by Crippen LogP contribution is -2.51. The van der Waals surface area contributed by atoms with Crippen LogP contribution >= 0.6 is 0 Å². The molecular formula is C15H20N4. The summed E-state index contributed by atoms with van der Waals surface area (Å²) >= 11 is 0. The first-order valence-electron chi connectivity index (χ1n) is 7.27. The Morgan fingerprint density at radius 1 is 1.32 bits per heavy atom. The molecule has 3 heterocycles. The zero-order valence-corrected chi connectivity index (χ0v) is 11.1. The standard InChI is InChI=1S/C15H20N4/c1-2-7-19-11-13(17-15(19)3-1)10-18-8-6-16-9-14(18)12-4-5-12/h1-3,7,11-12,14,16H,4-6,8-10H2. The number of aromatic nitrogens is 2. The molecular weight excluding hydrogens is 236 g/mol. The van der Waals surface area contributed by atoms with Crippen LogP contribution in [-0.2, 0) is 6.54 Å². The largest absolute Gasteiger partial charge is 0.314 e. The quantitative estimate of drug-likeness (QED) is 0.903. The Bertz CT molecular complexity index is 539. The number of pyridine rings is 1. The zero-order valence-electron chi connectivity index (χ0n) is 11.1. The Hall–Kier alpha value is -1.39. The second-order valence-electron chi connectivity index (χ2n) is 5.78. The van der Waals surface area contributed by atoms with Gasteiger partial charge in [-0.15, -0.1) is 0 Å². The van der Waals surface area contributed by atoms with Crippen LogP contribution in [0.5, 0.6) is 0 Å². The molecule has 4 rings (SSSR count). The first-order chi connectivity index (χ1) is 9.40. The van der Waals surface area contributed by atoms with Crippen LogP contribution in [0.1, 0.15) is 18.5 Å². The van der Waals surface area contributed by atoms with Gasteiger partial charge in [-0.2, -0.15) is 0 Å². The Morgan fingerprint density at radius 2 is 2.26 bits per heavy atom. The third kappa shape index (κ3) is 2.26. The summed E-state index contributed by atoms with van der Waals surface area (Å²) in [5.74, 6) is 0.921. The molecule has 1 aliphatic carbocycles. The van der Waals surface area contributed by atoms with Crippen molar-refractivity contribution in [1.82, 2.24) is 19.6 Å². The number of fused-ring (bicyclic) bond motifs is 1. The molecule has 0 bridgehead atoms. The molecule has 1 saturated heterocycles. The minimum absolute atomic E-state index is 0.721. The van der Waals surface area contributed by atoms with E-state index in [-0.39, 0.29) is 0 Å². The van der Waals surface area contributed by atoms with Crippen molar-refractivity contribution in [3.05, 3.63) is 36.3 Å². The van der Waals surface area contributed by atoms with Crippen molar-refractivity contribution in [3.63, 3.8) is 0 Å². The number of hydrogen-bond donors (Lipinski definition) is 1. The van der Waals surface area contributed by atoms with E-state index in [4.69, 9.17) is 4.98 Å². The number of nitrogens with zero attached hydrogens (tertiary/aromatic N) is 3. The molecule has 0 aromatic carbocycles. The van der Waals surface area contributed by atoms with Gasteiger partial charge in [0.2, 0.25) is 0 Å². The summed E-state index contributed by atoms with van der Waals surface area (Å²) in [6.45, 7) is 4.40. The number of piperazine rings is 1. The van der Waals surface area contributed by atoms with Gasteiger partial charge in [-0.25, -0.2) is 4.98 Å². The molecule has 0 amide bonds. The lowest BCUT2D eigenvalue weighted by Gasteiger charge is -2.36. The van der Waals surface area contributed by atoms with Crippen LogP contribution < -0.4 is 5.32 Å². The normalized spacial score (nSPS) is 24.9. The van der Waals surface area contributed by atoms with Gasteiger partial charge >= 0.3 is 0 Å². The molecule has 4 heteroatoms. The lowest BCUT2D eigenvalue weighted by molar-refractivity contribution is 0.134. The monoisotopic (exact) mass is 256 g/mol. The van der Waals surface area contributed by atoms with E-state index in [0.29, 0.717) is 0 Å². The fourth-order valence-corrected chi connectivity index (χ4v) is 3.18. The third-order valence-electron chi connectivity index (χ3n) is 4.34. The van der Waals surface area contributed by atoms with E-state index in [1.54, 1.807) is 0 Å². The molecule has 1 saturated carbocycles. The average Bonchev–Trinajstić information content (AvgIpc) is 3.19. The van der Waals surface area contributed by atoms with Gasteiger partial charge in [0, 0.05) is 44.6 Å². The minimum Gasteiger partial charge on any atom is -0.314 e. The van der Waals surface area contributed by atoms with Crippen LogP contribution in [-0.4, -0.2) is 40.0 Å². The third-order valence-corrected chi connectivity index (χ3v) is 4.34. The number of rotatable bonds is 3. The van der Waals surface area contributed by atoms with Gasteiger partial charge < -0.3 is 9.72 Å². The highest BCUT2D eigenvalue weighted by atomic mass is 15.2. The van der Waals surface area contributed by atoms with Crippen LogP contribution in [0.25, 0.3) is 5.65 Å². The van der Waals surface area contributed by atoms with Gasteiger partial charge in [-0.1, -0.05) is 6.07 Å². The Morgan fingerprint density at radius 3 is 3.11 bits per heavy atom. The average molecular weight is 256 g/mol.